The lowest BCUT2D eigenvalue weighted by atomic mass is 10.1. The van der Waals surface area contributed by atoms with Gasteiger partial charge in [0, 0.05) is 6.04 Å². The molecule has 0 aromatic heterocycles. The zero-order valence-electron chi connectivity index (χ0n) is 12.6. The van der Waals surface area contributed by atoms with E-state index in [-0.39, 0.29) is 18.0 Å². The Hall–Kier alpha value is -2.23. The molecule has 0 saturated carbocycles. The van der Waals surface area contributed by atoms with Crippen molar-refractivity contribution in [3.05, 3.63) is 53.8 Å². The lowest BCUT2D eigenvalue weighted by molar-refractivity contribution is 0.244. The van der Waals surface area contributed by atoms with E-state index in [4.69, 9.17) is 10.5 Å². The molecule has 0 bridgehead atoms. The normalized spacial score (nSPS) is 12.2. The molecule has 3 nitrogen and oxygen atoms in total. The third-order valence-electron chi connectivity index (χ3n) is 3.15. The first kappa shape index (κ1) is 15.2. The van der Waals surface area contributed by atoms with E-state index in [1.807, 2.05) is 45.0 Å². The molecule has 0 saturated heterocycles. The number of benzene rings is 2. The number of para-hydroxylation sites is 1. The third kappa shape index (κ3) is 3.88. The molecule has 0 spiro atoms. The first-order valence-electron chi connectivity index (χ1n) is 7.04. The second kappa shape index (κ2) is 6.48. The summed E-state index contributed by atoms with van der Waals surface area (Å²) in [4.78, 5) is 0. The second-order valence-electron chi connectivity index (χ2n) is 5.31. The quantitative estimate of drug-likeness (QED) is 0.803. The van der Waals surface area contributed by atoms with Crippen molar-refractivity contribution in [3.8, 4) is 5.75 Å². The topological polar surface area (TPSA) is 47.3 Å². The molecule has 0 aliphatic carbocycles. The molecule has 2 aromatic carbocycles. The molecular formula is C17H21FN2O. The Balaban J connectivity index is 2.19. The largest absolute Gasteiger partial charge is 0.489 e. The van der Waals surface area contributed by atoms with Gasteiger partial charge in [-0.25, -0.2) is 4.39 Å². The van der Waals surface area contributed by atoms with E-state index in [1.165, 1.54) is 12.1 Å². The SMILES string of the molecule is CC(C)Oc1cccc(NC(C)c2cccc(F)c2)c1N. The number of nitrogens with one attached hydrogen (secondary N) is 1. The van der Waals surface area contributed by atoms with Crippen LogP contribution < -0.4 is 15.8 Å². The summed E-state index contributed by atoms with van der Waals surface area (Å²) in [5.41, 5.74) is 8.34. The van der Waals surface area contributed by atoms with Crippen LogP contribution in [-0.4, -0.2) is 6.10 Å². The lowest BCUT2D eigenvalue weighted by Gasteiger charge is -2.19. The van der Waals surface area contributed by atoms with Gasteiger partial charge in [0.2, 0.25) is 0 Å². The van der Waals surface area contributed by atoms with Crippen LogP contribution in [0.15, 0.2) is 42.5 Å². The highest BCUT2D eigenvalue weighted by molar-refractivity contribution is 5.73. The summed E-state index contributed by atoms with van der Waals surface area (Å²) < 4.78 is 18.9. The monoisotopic (exact) mass is 288 g/mol. The zero-order valence-corrected chi connectivity index (χ0v) is 12.6. The van der Waals surface area contributed by atoms with Crippen LogP contribution in [0.25, 0.3) is 0 Å². The summed E-state index contributed by atoms with van der Waals surface area (Å²) in [5.74, 6) is 0.410. The van der Waals surface area contributed by atoms with Crippen molar-refractivity contribution >= 4 is 11.4 Å². The summed E-state index contributed by atoms with van der Waals surface area (Å²) in [5, 5.41) is 3.30. The lowest BCUT2D eigenvalue weighted by Crippen LogP contribution is -2.11. The van der Waals surface area contributed by atoms with Gasteiger partial charge < -0.3 is 15.8 Å². The maximum Gasteiger partial charge on any atom is 0.144 e. The van der Waals surface area contributed by atoms with E-state index in [1.54, 1.807) is 6.07 Å². The van der Waals surface area contributed by atoms with Gasteiger partial charge in [-0.2, -0.15) is 0 Å². The number of halogens is 1. The van der Waals surface area contributed by atoms with E-state index < -0.39 is 0 Å². The van der Waals surface area contributed by atoms with Crippen molar-refractivity contribution in [3.63, 3.8) is 0 Å². The van der Waals surface area contributed by atoms with E-state index >= 15 is 0 Å². The minimum Gasteiger partial charge on any atom is -0.489 e. The molecule has 2 aromatic rings. The molecule has 112 valence electrons. The minimum atomic E-state index is -0.244. The van der Waals surface area contributed by atoms with Crippen LogP contribution in [0.5, 0.6) is 5.75 Å². The summed E-state index contributed by atoms with van der Waals surface area (Å²) in [6.07, 6.45) is 0.0585. The Morgan fingerprint density at radius 3 is 2.48 bits per heavy atom. The van der Waals surface area contributed by atoms with Gasteiger partial charge in [-0.3, -0.25) is 0 Å². The molecule has 4 heteroatoms. The second-order valence-corrected chi connectivity index (χ2v) is 5.31. The molecule has 0 aliphatic heterocycles. The molecule has 0 aliphatic rings. The van der Waals surface area contributed by atoms with E-state index in [0.29, 0.717) is 11.4 Å². The fourth-order valence-electron chi connectivity index (χ4n) is 2.12. The van der Waals surface area contributed by atoms with Crippen LogP contribution in [0.1, 0.15) is 32.4 Å². The summed E-state index contributed by atoms with van der Waals surface area (Å²) >= 11 is 0. The Morgan fingerprint density at radius 2 is 1.81 bits per heavy atom. The van der Waals surface area contributed by atoms with Crippen molar-refractivity contribution in [1.82, 2.24) is 0 Å². The highest BCUT2D eigenvalue weighted by Gasteiger charge is 2.11. The van der Waals surface area contributed by atoms with Crippen LogP contribution in [-0.2, 0) is 0 Å². The first-order chi connectivity index (χ1) is 9.97. The molecule has 0 radical (unpaired) electrons. The predicted molar refractivity (Wildman–Crippen MR) is 85.1 cm³/mol. The van der Waals surface area contributed by atoms with Gasteiger partial charge >= 0.3 is 0 Å². The summed E-state index contributed by atoms with van der Waals surface area (Å²) in [6, 6.07) is 12.1. The number of hydrogen-bond donors (Lipinski definition) is 2. The molecular weight excluding hydrogens is 267 g/mol. The number of nitrogen functional groups attached to an aromatic ring is 1. The van der Waals surface area contributed by atoms with Gasteiger partial charge in [0.15, 0.2) is 0 Å². The van der Waals surface area contributed by atoms with E-state index in [2.05, 4.69) is 5.32 Å². The van der Waals surface area contributed by atoms with Crippen molar-refractivity contribution < 1.29 is 9.13 Å². The van der Waals surface area contributed by atoms with Crippen molar-refractivity contribution in [2.75, 3.05) is 11.1 Å². The molecule has 2 rings (SSSR count). The fraction of sp³-hybridized carbons (Fsp3) is 0.294. The maximum atomic E-state index is 13.3. The number of ether oxygens (including phenoxy) is 1. The number of nitrogens with two attached hydrogens (primary N) is 1. The van der Waals surface area contributed by atoms with Crippen LogP contribution in [0, 0.1) is 5.82 Å². The standard InChI is InChI=1S/C17H21FN2O/c1-11(2)21-16-9-5-8-15(17(16)19)20-12(3)13-6-4-7-14(18)10-13/h4-12,20H,19H2,1-3H3. The van der Waals surface area contributed by atoms with Crippen LogP contribution in [0.4, 0.5) is 15.8 Å². The van der Waals surface area contributed by atoms with Crippen molar-refractivity contribution in [2.45, 2.75) is 32.9 Å². The van der Waals surface area contributed by atoms with Gasteiger partial charge in [0.05, 0.1) is 17.5 Å². The molecule has 0 heterocycles. The van der Waals surface area contributed by atoms with E-state index in [0.717, 1.165) is 11.3 Å². The smallest absolute Gasteiger partial charge is 0.144 e. The number of rotatable bonds is 5. The average Bonchev–Trinajstić information content (AvgIpc) is 2.42. The Labute approximate surface area is 124 Å². The Bertz CT molecular complexity index is 613. The maximum absolute atomic E-state index is 13.3. The van der Waals surface area contributed by atoms with E-state index in [9.17, 15) is 4.39 Å². The highest BCUT2D eigenvalue weighted by atomic mass is 19.1. The number of anilines is 2. The Morgan fingerprint density at radius 1 is 1.10 bits per heavy atom. The van der Waals surface area contributed by atoms with Gasteiger partial charge in [-0.05, 0) is 50.6 Å². The average molecular weight is 288 g/mol. The Kier molecular flexibility index (Phi) is 4.68. The molecule has 21 heavy (non-hydrogen) atoms. The van der Waals surface area contributed by atoms with Gasteiger partial charge in [-0.1, -0.05) is 18.2 Å². The summed E-state index contributed by atoms with van der Waals surface area (Å²) in [6.45, 7) is 5.87. The zero-order chi connectivity index (χ0) is 15.4. The first-order valence-corrected chi connectivity index (χ1v) is 7.04. The molecule has 0 amide bonds. The molecule has 1 atom stereocenters. The van der Waals surface area contributed by atoms with Gasteiger partial charge in [0.25, 0.3) is 0 Å². The predicted octanol–water partition coefficient (Wildman–Crippen LogP) is 4.37. The number of hydrogen-bond acceptors (Lipinski definition) is 3. The highest BCUT2D eigenvalue weighted by Crippen LogP contribution is 2.32. The van der Waals surface area contributed by atoms with Crippen LogP contribution >= 0.6 is 0 Å². The van der Waals surface area contributed by atoms with Gasteiger partial charge in [-0.15, -0.1) is 0 Å². The van der Waals surface area contributed by atoms with Crippen LogP contribution in [0.2, 0.25) is 0 Å². The minimum absolute atomic E-state index is 0.0581. The summed E-state index contributed by atoms with van der Waals surface area (Å²) in [7, 11) is 0. The fourth-order valence-corrected chi connectivity index (χ4v) is 2.12. The van der Waals surface area contributed by atoms with Crippen LogP contribution in [0.3, 0.4) is 0 Å². The molecule has 3 N–H and O–H groups in total. The third-order valence-corrected chi connectivity index (χ3v) is 3.15. The van der Waals surface area contributed by atoms with Gasteiger partial charge in [0.1, 0.15) is 11.6 Å². The van der Waals surface area contributed by atoms with Crippen molar-refractivity contribution in [1.29, 1.82) is 0 Å². The van der Waals surface area contributed by atoms with Crippen molar-refractivity contribution in [2.24, 2.45) is 0 Å². The molecule has 1 unspecified atom stereocenters. The molecule has 0 fully saturated rings.